The zero-order valence-corrected chi connectivity index (χ0v) is 13.3. The van der Waals surface area contributed by atoms with Crippen LogP contribution in [0.15, 0.2) is 16.6 Å². The van der Waals surface area contributed by atoms with Crippen LogP contribution < -0.4 is 5.73 Å². The van der Waals surface area contributed by atoms with Crippen molar-refractivity contribution in [2.45, 2.75) is 33.3 Å². The van der Waals surface area contributed by atoms with E-state index in [1.165, 1.54) is 0 Å². The molecule has 20 heavy (non-hydrogen) atoms. The van der Waals surface area contributed by atoms with Crippen LogP contribution in [0.2, 0.25) is 0 Å². The van der Waals surface area contributed by atoms with Crippen LogP contribution in [0, 0.1) is 6.92 Å². The van der Waals surface area contributed by atoms with Gasteiger partial charge in [-0.25, -0.2) is 9.59 Å². The molecule has 0 aromatic heterocycles. The molecule has 1 unspecified atom stereocenters. The Morgan fingerprint density at radius 1 is 1.35 bits per heavy atom. The molecule has 1 rings (SSSR count). The largest absolute Gasteiger partial charge is 0.463 e. The molecule has 110 valence electrons. The molecule has 1 atom stereocenters. The van der Waals surface area contributed by atoms with Crippen LogP contribution in [0.1, 0.15) is 36.2 Å². The maximum atomic E-state index is 12.1. The van der Waals surface area contributed by atoms with Gasteiger partial charge in [-0.15, -0.1) is 0 Å². The van der Waals surface area contributed by atoms with E-state index in [0.717, 1.165) is 0 Å². The number of nitrogens with two attached hydrogens (primary N) is 1. The van der Waals surface area contributed by atoms with Crippen molar-refractivity contribution in [3.8, 4) is 0 Å². The van der Waals surface area contributed by atoms with Crippen LogP contribution in [0.3, 0.4) is 0 Å². The Labute approximate surface area is 126 Å². The van der Waals surface area contributed by atoms with Gasteiger partial charge in [0.25, 0.3) is 0 Å². The van der Waals surface area contributed by atoms with E-state index >= 15 is 0 Å². The Kier molecular flexibility index (Phi) is 6.01. The number of carbonyl (C=O) groups excluding carboxylic acids is 2. The predicted octanol–water partition coefficient (Wildman–Crippen LogP) is 2.84. The van der Waals surface area contributed by atoms with Gasteiger partial charge in [-0.2, -0.15) is 0 Å². The lowest BCUT2D eigenvalue weighted by Gasteiger charge is -2.16. The van der Waals surface area contributed by atoms with Gasteiger partial charge < -0.3 is 15.2 Å². The average molecular weight is 344 g/mol. The second-order valence-corrected chi connectivity index (χ2v) is 5.14. The lowest BCUT2D eigenvalue weighted by atomic mass is 10.1. The van der Waals surface area contributed by atoms with Crippen LogP contribution in [0.4, 0.5) is 5.69 Å². The first-order valence-electron chi connectivity index (χ1n) is 6.33. The summed E-state index contributed by atoms with van der Waals surface area (Å²) >= 11 is 3.27. The van der Waals surface area contributed by atoms with Gasteiger partial charge in [-0.1, -0.05) is 22.9 Å². The molecule has 0 heterocycles. The highest BCUT2D eigenvalue weighted by atomic mass is 79.9. The molecule has 1 aromatic carbocycles. The first-order valence-corrected chi connectivity index (χ1v) is 7.13. The minimum Gasteiger partial charge on any atom is -0.463 e. The van der Waals surface area contributed by atoms with E-state index in [0.29, 0.717) is 27.7 Å². The third kappa shape index (κ3) is 3.96. The third-order valence-electron chi connectivity index (χ3n) is 2.80. The van der Waals surface area contributed by atoms with E-state index in [-0.39, 0.29) is 6.61 Å². The quantitative estimate of drug-likeness (QED) is 0.656. The van der Waals surface area contributed by atoms with Gasteiger partial charge in [0.05, 0.1) is 12.2 Å². The summed E-state index contributed by atoms with van der Waals surface area (Å²) in [5.74, 6) is -1.13. The normalized spacial score (nSPS) is 11.8. The zero-order valence-electron chi connectivity index (χ0n) is 11.7. The molecule has 0 aliphatic rings. The first-order chi connectivity index (χ1) is 9.40. The zero-order chi connectivity index (χ0) is 15.3. The van der Waals surface area contributed by atoms with Crippen molar-refractivity contribution in [3.63, 3.8) is 0 Å². The fourth-order valence-electron chi connectivity index (χ4n) is 1.64. The van der Waals surface area contributed by atoms with Gasteiger partial charge in [0, 0.05) is 10.2 Å². The van der Waals surface area contributed by atoms with Crippen molar-refractivity contribution >= 4 is 33.6 Å². The van der Waals surface area contributed by atoms with Crippen LogP contribution in [-0.4, -0.2) is 24.6 Å². The SMILES string of the molecule is CCOC(=O)C(CC)OC(=O)c1cc(Br)cc(N)c1C. The Morgan fingerprint density at radius 2 is 2.00 bits per heavy atom. The highest BCUT2D eigenvalue weighted by molar-refractivity contribution is 9.10. The number of ether oxygens (including phenoxy) is 2. The number of halogens is 1. The maximum absolute atomic E-state index is 12.1. The smallest absolute Gasteiger partial charge is 0.347 e. The second-order valence-electron chi connectivity index (χ2n) is 4.22. The Morgan fingerprint density at radius 3 is 2.55 bits per heavy atom. The number of carbonyl (C=O) groups is 2. The fraction of sp³-hybridized carbons (Fsp3) is 0.429. The summed E-state index contributed by atoms with van der Waals surface area (Å²) in [6, 6.07) is 3.32. The topological polar surface area (TPSA) is 78.6 Å². The molecule has 2 N–H and O–H groups in total. The molecule has 0 amide bonds. The summed E-state index contributed by atoms with van der Waals surface area (Å²) in [6.07, 6.45) is -0.547. The highest BCUT2D eigenvalue weighted by Gasteiger charge is 2.24. The van der Waals surface area contributed by atoms with Crippen molar-refractivity contribution in [1.29, 1.82) is 0 Å². The number of anilines is 1. The highest BCUT2D eigenvalue weighted by Crippen LogP contribution is 2.24. The summed E-state index contributed by atoms with van der Waals surface area (Å²) < 4.78 is 10.7. The number of esters is 2. The molecule has 0 aliphatic heterocycles. The molecule has 0 radical (unpaired) electrons. The van der Waals surface area contributed by atoms with Gasteiger partial charge >= 0.3 is 11.9 Å². The number of rotatable bonds is 5. The summed E-state index contributed by atoms with van der Waals surface area (Å²) in [4.78, 5) is 23.8. The Hall–Kier alpha value is -1.56. The number of hydrogen-bond acceptors (Lipinski definition) is 5. The van der Waals surface area contributed by atoms with Gasteiger partial charge in [0.2, 0.25) is 0 Å². The van der Waals surface area contributed by atoms with Crippen molar-refractivity contribution in [1.82, 2.24) is 0 Å². The molecule has 0 spiro atoms. The molecular weight excluding hydrogens is 326 g/mol. The fourth-order valence-corrected chi connectivity index (χ4v) is 2.11. The van der Waals surface area contributed by atoms with E-state index in [1.54, 1.807) is 32.9 Å². The average Bonchev–Trinajstić information content (AvgIpc) is 2.39. The van der Waals surface area contributed by atoms with Gasteiger partial charge in [0.1, 0.15) is 0 Å². The summed E-state index contributed by atoms with van der Waals surface area (Å²) in [5, 5.41) is 0. The predicted molar refractivity (Wildman–Crippen MR) is 79.4 cm³/mol. The Balaban J connectivity index is 2.93. The Bertz CT molecular complexity index is 516. The number of benzene rings is 1. The van der Waals surface area contributed by atoms with Crippen molar-refractivity contribution < 1.29 is 19.1 Å². The van der Waals surface area contributed by atoms with Crippen molar-refractivity contribution in [2.75, 3.05) is 12.3 Å². The summed E-state index contributed by atoms with van der Waals surface area (Å²) in [5.41, 5.74) is 7.24. The number of hydrogen-bond donors (Lipinski definition) is 1. The van der Waals surface area contributed by atoms with E-state index in [2.05, 4.69) is 15.9 Å². The molecule has 0 fully saturated rings. The lowest BCUT2D eigenvalue weighted by molar-refractivity contribution is -0.153. The molecule has 1 aromatic rings. The molecule has 0 aliphatic carbocycles. The van der Waals surface area contributed by atoms with Gasteiger partial charge in [0.15, 0.2) is 6.10 Å². The van der Waals surface area contributed by atoms with Crippen LogP contribution >= 0.6 is 15.9 Å². The summed E-state index contributed by atoms with van der Waals surface area (Å²) in [6.45, 7) is 5.42. The molecule has 0 bridgehead atoms. The molecular formula is C14H18BrNO4. The van der Waals surface area contributed by atoms with E-state index in [9.17, 15) is 9.59 Å². The second kappa shape index (κ2) is 7.28. The third-order valence-corrected chi connectivity index (χ3v) is 3.26. The monoisotopic (exact) mass is 343 g/mol. The van der Waals surface area contributed by atoms with Crippen LogP contribution in [0.5, 0.6) is 0 Å². The molecule has 0 saturated carbocycles. The molecule has 5 nitrogen and oxygen atoms in total. The first kappa shape index (κ1) is 16.5. The number of nitrogen functional groups attached to an aromatic ring is 1. The van der Waals surface area contributed by atoms with Crippen LogP contribution in [0.25, 0.3) is 0 Å². The van der Waals surface area contributed by atoms with Crippen LogP contribution in [-0.2, 0) is 14.3 Å². The van der Waals surface area contributed by atoms with E-state index < -0.39 is 18.0 Å². The molecule has 0 saturated heterocycles. The summed E-state index contributed by atoms with van der Waals surface area (Å²) in [7, 11) is 0. The lowest BCUT2D eigenvalue weighted by Crippen LogP contribution is -2.29. The van der Waals surface area contributed by atoms with E-state index in [4.69, 9.17) is 15.2 Å². The molecule has 6 heteroatoms. The van der Waals surface area contributed by atoms with Gasteiger partial charge in [-0.05, 0) is 38.0 Å². The minimum atomic E-state index is -0.901. The van der Waals surface area contributed by atoms with Crippen molar-refractivity contribution in [2.24, 2.45) is 0 Å². The van der Waals surface area contributed by atoms with Crippen molar-refractivity contribution in [3.05, 3.63) is 27.7 Å². The van der Waals surface area contributed by atoms with Gasteiger partial charge in [-0.3, -0.25) is 0 Å². The maximum Gasteiger partial charge on any atom is 0.347 e. The standard InChI is InChI=1S/C14H18BrNO4/c1-4-12(14(18)19-5-2)20-13(17)10-6-9(15)7-11(16)8(10)3/h6-7,12H,4-5,16H2,1-3H3. The van der Waals surface area contributed by atoms with E-state index in [1.807, 2.05) is 0 Å². The minimum absolute atomic E-state index is 0.246.